The number of hydrogen-bond donors (Lipinski definition) is 1. The van der Waals surface area contributed by atoms with Crippen LogP contribution < -0.4 is 10.3 Å². The number of halogens is 3. The fourth-order valence-corrected chi connectivity index (χ4v) is 3.47. The molecule has 0 aliphatic rings. The first kappa shape index (κ1) is 19.5. The van der Waals surface area contributed by atoms with Gasteiger partial charge in [-0.1, -0.05) is 45.2 Å². The van der Waals surface area contributed by atoms with Gasteiger partial charge in [0.2, 0.25) is 0 Å². The van der Waals surface area contributed by atoms with E-state index in [4.69, 9.17) is 27.9 Å². The lowest BCUT2D eigenvalue weighted by Crippen LogP contribution is -2.13. The maximum atomic E-state index is 12.2. The molecule has 0 atom stereocenters. The molecule has 136 valence electrons. The van der Waals surface area contributed by atoms with Gasteiger partial charge in [0.05, 0.1) is 0 Å². The average Bonchev–Trinajstić information content (AvgIpc) is 2.61. The molecule has 3 rings (SSSR count). The predicted molar refractivity (Wildman–Crippen MR) is 110 cm³/mol. The molecule has 0 fully saturated rings. The molecule has 2 aromatic carbocycles. The second kappa shape index (κ2) is 8.18. The number of rotatable bonds is 4. The van der Waals surface area contributed by atoms with Gasteiger partial charge < -0.3 is 9.72 Å². The summed E-state index contributed by atoms with van der Waals surface area (Å²) in [6, 6.07) is 14.3. The van der Waals surface area contributed by atoms with Crippen LogP contribution in [0.5, 0.6) is 5.75 Å². The highest BCUT2D eigenvalue weighted by Gasteiger charge is 2.16. The summed E-state index contributed by atoms with van der Waals surface area (Å²) in [6.07, 6.45) is 0. The van der Waals surface area contributed by atoms with E-state index in [1.165, 1.54) is 0 Å². The molecular weight excluding hydrogens is 451 g/mol. The number of ether oxygens (including phenoxy) is 1. The lowest BCUT2D eigenvalue weighted by molar-refractivity contribution is 0.307. The van der Waals surface area contributed by atoms with Crippen molar-refractivity contribution in [3.05, 3.63) is 84.2 Å². The van der Waals surface area contributed by atoms with Crippen LogP contribution in [0.1, 0.15) is 16.8 Å². The molecule has 0 amide bonds. The number of benzene rings is 2. The number of aromatic nitrogens is 1. The first-order chi connectivity index (χ1) is 12.9. The third-order valence-electron chi connectivity index (χ3n) is 3.91. The van der Waals surface area contributed by atoms with Crippen molar-refractivity contribution in [3.63, 3.8) is 0 Å². The lowest BCUT2D eigenvalue weighted by atomic mass is 10.00. The first-order valence-electron chi connectivity index (χ1n) is 7.89. The molecule has 0 spiro atoms. The van der Waals surface area contributed by atoms with Gasteiger partial charge in [0, 0.05) is 36.9 Å². The van der Waals surface area contributed by atoms with E-state index in [0.29, 0.717) is 32.6 Å². The minimum atomic E-state index is -0.431. The van der Waals surface area contributed by atoms with Crippen molar-refractivity contribution in [1.29, 1.82) is 5.26 Å². The van der Waals surface area contributed by atoms with Gasteiger partial charge in [-0.3, -0.25) is 4.79 Å². The van der Waals surface area contributed by atoms with Gasteiger partial charge in [-0.15, -0.1) is 0 Å². The van der Waals surface area contributed by atoms with E-state index in [1.54, 1.807) is 37.3 Å². The van der Waals surface area contributed by atoms with Gasteiger partial charge in [-0.05, 0) is 43.3 Å². The predicted octanol–water partition coefficient (Wildman–Crippen LogP) is 5.87. The topological polar surface area (TPSA) is 65.9 Å². The van der Waals surface area contributed by atoms with E-state index >= 15 is 0 Å². The van der Waals surface area contributed by atoms with Gasteiger partial charge in [-0.25, -0.2) is 0 Å². The molecule has 3 aromatic rings. The number of nitriles is 1. The third-order valence-corrected chi connectivity index (χ3v) is 4.99. The smallest absolute Gasteiger partial charge is 0.266 e. The molecule has 0 aliphatic carbocycles. The van der Waals surface area contributed by atoms with Gasteiger partial charge >= 0.3 is 0 Å². The Hall–Kier alpha value is -2.26. The summed E-state index contributed by atoms with van der Waals surface area (Å²) in [7, 11) is 0. The molecule has 1 heterocycles. The summed E-state index contributed by atoms with van der Waals surface area (Å²) in [5.74, 6) is 0.533. The number of nitrogens with zero attached hydrogens (tertiary/aromatic N) is 1. The van der Waals surface area contributed by atoms with Crippen LogP contribution >= 0.6 is 39.1 Å². The third kappa shape index (κ3) is 4.36. The van der Waals surface area contributed by atoms with Crippen LogP contribution in [-0.2, 0) is 6.61 Å². The number of aryl methyl sites for hydroxylation is 1. The summed E-state index contributed by atoms with van der Waals surface area (Å²) in [6.45, 7) is 1.98. The van der Waals surface area contributed by atoms with Crippen LogP contribution in [0.3, 0.4) is 0 Å². The zero-order valence-corrected chi connectivity index (χ0v) is 17.2. The molecule has 7 heteroatoms. The Kier molecular flexibility index (Phi) is 5.91. The summed E-state index contributed by atoms with van der Waals surface area (Å²) in [5, 5.41) is 10.5. The quantitative estimate of drug-likeness (QED) is 0.526. The van der Waals surface area contributed by atoms with Crippen LogP contribution in [0, 0.1) is 18.3 Å². The fourth-order valence-electron chi connectivity index (χ4n) is 2.64. The van der Waals surface area contributed by atoms with Crippen LogP contribution in [0.25, 0.3) is 11.1 Å². The molecular formula is C20H13BrCl2N2O2. The van der Waals surface area contributed by atoms with Crippen molar-refractivity contribution >= 4 is 39.1 Å². The summed E-state index contributed by atoms with van der Waals surface area (Å²) in [4.78, 5) is 14.8. The van der Waals surface area contributed by atoms with Crippen LogP contribution in [-0.4, -0.2) is 4.98 Å². The maximum Gasteiger partial charge on any atom is 0.266 e. The maximum absolute atomic E-state index is 12.2. The fraction of sp³-hybridized carbons (Fsp3) is 0.100. The molecule has 1 aromatic heterocycles. The standard InChI is InChI=1S/C20H13BrCl2N2O2/c1-11-6-15(17(9-24)20(26)25-11)16-7-13(21)3-5-19(16)27-10-12-2-4-14(22)8-18(12)23/h2-8H,10H2,1H3,(H,25,26). The van der Waals surface area contributed by atoms with Gasteiger partial charge in [0.15, 0.2) is 0 Å². The van der Waals surface area contributed by atoms with Crippen molar-refractivity contribution in [2.24, 2.45) is 0 Å². The average molecular weight is 464 g/mol. The van der Waals surface area contributed by atoms with Crippen molar-refractivity contribution in [2.75, 3.05) is 0 Å². The zero-order valence-electron chi connectivity index (χ0n) is 14.1. The molecule has 0 aliphatic heterocycles. The summed E-state index contributed by atoms with van der Waals surface area (Å²) >= 11 is 15.6. The number of hydrogen-bond acceptors (Lipinski definition) is 3. The summed E-state index contributed by atoms with van der Waals surface area (Å²) in [5.41, 5.74) is 2.18. The molecule has 4 nitrogen and oxygen atoms in total. The first-order valence-corrected chi connectivity index (χ1v) is 9.44. The van der Waals surface area contributed by atoms with E-state index in [0.717, 1.165) is 10.0 Å². The minimum Gasteiger partial charge on any atom is -0.488 e. The Morgan fingerprint density at radius 2 is 1.93 bits per heavy atom. The molecule has 0 unspecified atom stereocenters. The molecule has 0 radical (unpaired) electrons. The van der Waals surface area contributed by atoms with E-state index in [1.807, 2.05) is 18.2 Å². The second-order valence-electron chi connectivity index (χ2n) is 5.85. The van der Waals surface area contributed by atoms with Crippen molar-refractivity contribution in [1.82, 2.24) is 4.98 Å². The minimum absolute atomic E-state index is 0.0353. The number of pyridine rings is 1. The van der Waals surface area contributed by atoms with Crippen molar-refractivity contribution in [2.45, 2.75) is 13.5 Å². The van der Waals surface area contributed by atoms with Crippen LogP contribution in [0.2, 0.25) is 10.0 Å². The molecule has 0 saturated heterocycles. The van der Waals surface area contributed by atoms with E-state index in [-0.39, 0.29) is 12.2 Å². The monoisotopic (exact) mass is 462 g/mol. The SMILES string of the molecule is Cc1cc(-c2cc(Br)ccc2OCc2ccc(Cl)cc2Cl)c(C#N)c(=O)[nH]1. The zero-order chi connectivity index (χ0) is 19.6. The largest absolute Gasteiger partial charge is 0.488 e. The number of nitrogens with one attached hydrogen (secondary N) is 1. The number of H-pyrrole nitrogens is 1. The Morgan fingerprint density at radius 1 is 1.15 bits per heavy atom. The van der Waals surface area contributed by atoms with Crippen LogP contribution in [0.4, 0.5) is 0 Å². The van der Waals surface area contributed by atoms with Gasteiger partial charge in [-0.2, -0.15) is 5.26 Å². The Labute approximate surface area is 174 Å². The number of aromatic amines is 1. The Bertz CT molecular complexity index is 1120. The highest BCUT2D eigenvalue weighted by Crippen LogP contribution is 2.35. The van der Waals surface area contributed by atoms with Crippen LogP contribution in [0.15, 0.2) is 51.7 Å². The molecule has 0 saturated carbocycles. The second-order valence-corrected chi connectivity index (χ2v) is 7.61. The highest BCUT2D eigenvalue weighted by molar-refractivity contribution is 9.10. The van der Waals surface area contributed by atoms with Gasteiger partial charge in [0.25, 0.3) is 5.56 Å². The van der Waals surface area contributed by atoms with Crippen molar-refractivity contribution < 1.29 is 4.74 Å². The van der Waals surface area contributed by atoms with Crippen molar-refractivity contribution in [3.8, 4) is 22.9 Å². The van der Waals surface area contributed by atoms with E-state index in [9.17, 15) is 10.1 Å². The lowest BCUT2D eigenvalue weighted by Gasteiger charge is -2.14. The molecule has 0 bridgehead atoms. The Balaban J connectivity index is 2.05. The van der Waals surface area contributed by atoms with E-state index in [2.05, 4.69) is 20.9 Å². The normalized spacial score (nSPS) is 10.5. The van der Waals surface area contributed by atoms with E-state index < -0.39 is 5.56 Å². The van der Waals surface area contributed by atoms with Gasteiger partial charge in [0.1, 0.15) is 24.0 Å². The Morgan fingerprint density at radius 3 is 2.63 bits per heavy atom. The summed E-state index contributed by atoms with van der Waals surface area (Å²) < 4.78 is 6.76. The molecule has 27 heavy (non-hydrogen) atoms. The molecule has 1 N–H and O–H groups in total. The highest BCUT2D eigenvalue weighted by atomic mass is 79.9.